The summed E-state index contributed by atoms with van der Waals surface area (Å²) in [5, 5.41) is -1.39. The molecule has 0 aliphatic heterocycles. The van der Waals surface area contributed by atoms with E-state index in [2.05, 4.69) is 9.98 Å². The Balaban J connectivity index is 3.09. The molecule has 2 nitrogen and oxygen atoms in total. The summed E-state index contributed by atoms with van der Waals surface area (Å²) in [6.07, 6.45) is -4.61. The number of hydrogen-bond donors (Lipinski definition) is 0. The molecule has 0 N–H and O–H groups in total. The lowest BCUT2D eigenvalue weighted by molar-refractivity contribution is -0.0558. The third kappa shape index (κ3) is 3.20. The summed E-state index contributed by atoms with van der Waals surface area (Å²) in [5.74, 6) is 0. The summed E-state index contributed by atoms with van der Waals surface area (Å²) < 4.78 is 36.2. The van der Waals surface area contributed by atoms with Crippen LogP contribution in [0, 0.1) is 13.8 Å². The molecule has 1 rings (SSSR count). The van der Waals surface area contributed by atoms with E-state index in [-0.39, 0.29) is 5.69 Å². The highest BCUT2D eigenvalue weighted by atomic mass is 35.5. The smallest absolute Gasteiger partial charge is 0.256 e. The number of pyridine rings is 1. The van der Waals surface area contributed by atoms with E-state index in [1.807, 2.05) is 0 Å². The minimum atomic E-state index is -4.61. The molecule has 0 amide bonds. The maximum Gasteiger partial charge on any atom is 0.444 e. The fraction of sp³-hybridized carbons (Fsp3) is 0.333. The average Bonchev–Trinajstić information content (AvgIpc) is 2.08. The van der Waals surface area contributed by atoms with E-state index in [1.54, 1.807) is 19.9 Å². The van der Waals surface area contributed by atoms with E-state index in [4.69, 9.17) is 11.6 Å². The van der Waals surface area contributed by atoms with Gasteiger partial charge in [0, 0.05) is 5.69 Å². The summed E-state index contributed by atoms with van der Waals surface area (Å²) >= 11 is 5.00. The summed E-state index contributed by atoms with van der Waals surface area (Å²) in [6, 6.07) is 3.03. The van der Waals surface area contributed by atoms with Gasteiger partial charge in [0.1, 0.15) is 0 Å². The lowest BCUT2D eigenvalue weighted by atomic mass is 10.3. The third-order valence-corrected chi connectivity index (χ3v) is 1.95. The third-order valence-electron chi connectivity index (χ3n) is 1.65. The topological polar surface area (TPSA) is 25.2 Å². The summed E-state index contributed by atoms with van der Waals surface area (Å²) in [6.45, 7) is 3.32. The molecule has 0 saturated heterocycles. The Morgan fingerprint density at radius 3 is 2.40 bits per heavy atom. The molecule has 0 saturated carbocycles. The van der Waals surface area contributed by atoms with Crippen LogP contribution in [0.1, 0.15) is 11.4 Å². The average molecular weight is 237 g/mol. The Morgan fingerprint density at radius 2 is 1.93 bits per heavy atom. The van der Waals surface area contributed by atoms with Crippen LogP contribution in [0.5, 0.6) is 0 Å². The first-order valence-corrected chi connectivity index (χ1v) is 4.44. The zero-order valence-electron chi connectivity index (χ0n) is 8.06. The summed E-state index contributed by atoms with van der Waals surface area (Å²) in [4.78, 5) is 7.24. The molecule has 0 fully saturated rings. The zero-order chi connectivity index (χ0) is 11.6. The number of rotatable bonds is 1. The monoisotopic (exact) mass is 236 g/mol. The molecule has 1 aromatic heterocycles. The van der Waals surface area contributed by atoms with Crippen LogP contribution < -0.4 is 0 Å². The van der Waals surface area contributed by atoms with Crippen LogP contribution in [0.4, 0.5) is 18.9 Å². The molecule has 0 aliphatic carbocycles. The van der Waals surface area contributed by atoms with Crippen LogP contribution in [-0.2, 0) is 0 Å². The maximum absolute atomic E-state index is 12.1. The fourth-order valence-corrected chi connectivity index (χ4v) is 1.06. The number of aliphatic imine (C=N–C) groups is 1. The van der Waals surface area contributed by atoms with E-state index in [9.17, 15) is 13.2 Å². The van der Waals surface area contributed by atoms with E-state index in [0.29, 0.717) is 5.69 Å². The fourth-order valence-electron chi connectivity index (χ4n) is 0.967. The first-order valence-electron chi connectivity index (χ1n) is 4.06. The molecule has 0 bridgehead atoms. The van der Waals surface area contributed by atoms with E-state index >= 15 is 0 Å². The number of aromatic nitrogens is 1. The highest BCUT2D eigenvalue weighted by Gasteiger charge is 2.34. The number of hydrogen-bond acceptors (Lipinski definition) is 2. The van der Waals surface area contributed by atoms with Crippen LogP contribution in [-0.4, -0.2) is 16.3 Å². The molecule has 0 atom stereocenters. The predicted molar refractivity (Wildman–Crippen MR) is 52.7 cm³/mol. The van der Waals surface area contributed by atoms with Gasteiger partial charge in [-0.2, -0.15) is 13.2 Å². The van der Waals surface area contributed by atoms with Gasteiger partial charge < -0.3 is 0 Å². The van der Waals surface area contributed by atoms with Gasteiger partial charge in [-0.3, -0.25) is 4.98 Å². The van der Waals surface area contributed by atoms with Gasteiger partial charge in [-0.15, -0.1) is 0 Å². The second-order valence-corrected chi connectivity index (χ2v) is 3.32. The Labute approximate surface area is 89.8 Å². The normalized spacial score (nSPS) is 13.1. The number of alkyl halides is 3. The van der Waals surface area contributed by atoms with Gasteiger partial charge in [0.15, 0.2) is 0 Å². The van der Waals surface area contributed by atoms with Crippen molar-refractivity contribution in [3.05, 3.63) is 23.5 Å². The number of nitrogens with zero attached hydrogens (tertiary/aromatic N) is 2. The minimum absolute atomic E-state index is 0.128. The molecule has 0 radical (unpaired) electrons. The van der Waals surface area contributed by atoms with Crippen molar-refractivity contribution in [3.8, 4) is 0 Å². The molecule has 1 heterocycles. The second-order valence-electron chi connectivity index (χ2n) is 2.96. The van der Waals surface area contributed by atoms with Gasteiger partial charge in [-0.25, -0.2) is 4.99 Å². The van der Waals surface area contributed by atoms with Gasteiger partial charge in [0.2, 0.25) is 5.17 Å². The lowest BCUT2D eigenvalue weighted by Crippen LogP contribution is -2.16. The van der Waals surface area contributed by atoms with Crippen LogP contribution in [0.25, 0.3) is 0 Å². The first-order chi connectivity index (χ1) is 6.80. The molecule has 0 spiro atoms. The maximum atomic E-state index is 12.1. The van der Waals surface area contributed by atoms with Crippen molar-refractivity contribution in [2.24, 2.45) is 4.99 Å². The van der Waals surface area contributed by atoms with E-state index in [0.717, 1.165) is 5.69 Å². The van der Waals surface area contributed by atoms with Crippen LogP contribution >= 0.6 is 11.6 Å². The standard InChI is InChI=1S/C9H8ClF3N2/c1-5-3-4-7(6(2)14-5)15-8(10)9(11,12)13/h3-4H,1-2H3. The highest BCUT2D eigenvalue weighted by Crippen LogP contribution is 2.25. The largest absolute Gasteiger partial charge is 0.444 e. The van der Waals surface area contributed by atoms with Crippen molar-refractivity contribution in [1.82, 2.24) is 4.98 Å². The molecule has 0 aromatic carbocycles. The van der Waals surface area contributed by atoms with Crippen molar-refractivity contribution in [2.45, 2.75) is 20.0 Å². The Morgan fingerprint density at radius 1 is 1.33 bits per heavy atom. The van der Waals surface area contributed by atoms with Gasteiger partial charge in [-0.05, 0) is 26.0 Å². The van der Waals surface area contributed by atoms with E-state index < -0.39 is 11.3 Å². The van der Waals surface area contributed by atoms with Crippen molar-refractivity contribution >= 4 is 22.5 Å². The SMILES string of the molecule is Cc1ccc(N=C(Cl)C(F)(F)F)c(C)n1. The second kappa shape index (κ2) is 4.18. The number of aryl methyl sites for hydroxylation is 2. The Hall–Kier alpha value is -1.10. The molecular weight excluding hydrogens is 229 g/mol. The van der Waals surface area contributed by atoms with Crippen LogP contribution in [0.3, 0.4) is 0 Å². The lowest BCUT2D eigenvalue weighted by Gasteiger charge is -2.04. The van der Waals surface area contributed by atoms with Gasteiger partial charge in [0.05, 0.1) is 11.4 Å². The van der Waals surface area contributed by atoms with Crippen molar-refractivity contribution in [2.75, 3.05) is 0 Å². The molecule has 15 heavy (non-hydrogen) atoms. The molecular formula is C9H8ClF3N2. The van der Waals surface area contributed by atoms with Crippen LogP contribution in [0.2, 0.25) is 0 Å². The Kier molecular flexibility index (Phi) is 3.34. The molecule has 0 unspecified atom stereocenters. The first kappa shape index (κ1) is 12.0. The number of halogens is 4. The van der Waals surface area contributed by atoms with Crippen LogP contribution in [0.15, 0.2) is 17.1 Å². The summed E-state index contributed by atoms with van der Waals surface area (Å²) in [5.41, 5.74) is 1.26. The molecule has 82 valence electrons. The van der Waals surface area contributed by atoms with Gasteiger partial charge in [-0.1, -0.05) is 11.6 Å². The molecule has 1 aromatic rings. The van der Waals surface area contributed by atoms with Gasteiger partial charge >= 0.3 is 6.18 Å². The summed E-state index contributed by atoms with van der Waals surface area (Å²) in [7, 11) is 0. The van der Waals surface area contributed by atoms with E-state index in [1.165, 1.54) is 6.07 Å². The quantitative estimate of drug-likeness (QED) is 0.685. The zero-order valence-corrected chi connectivity index (χ0v) is 8.82. The van der Waals surface area contributed by atoms with Gasteiger partial charge in [0.25, 0.3) is 0 Å². The van der Waals surface area contributed by atoms with Crippen molar-refractivity contribution < 1.29 is 13.2 Å². The van der Waals surface area contributed by atoms with Crippen molar-refractivity contribution in [1.29, 1.82) is 0 Å². The molecule has 0 aliphatic rings. The Bertz CT molecular complexity index is 399. The highest BCUT2D eigenvalue weighted by molar-refractivity contribution is 6.67. The predicted octanol–water partition coefficient (Wildman–Crippen LogP) is 3.53. The minimum Gasteiger partial charge on any atom is -0.256 e. The van der Waals surface area contributed by atoms with Crippen molar-refractivity contribution in [3.63, 3.8) is 0 Å². The molecule has 6 heteroatoms.